The summed E-state index contributed by atoms with van der Waals surface area (Å²) >= 11 is 0. The number of aryl methyl sites for hydroxylation is 1. The first-order valence-electron chi connectivity index (χ1n) is 9.12. The Morgan fingerprint density at radius 2 is 2.33 bits per heavy atom. The number of nitrogens with two attached hydrogens (primary N) is 1. The molecule has 1 fully saturated rings. The van der Waals surface area contributed by atoms with E-state index in [1.165, 1.54) is 0 Å². The summed E-state index contributed by atoms with van der Waals surface area (Å²) in [6.45, 7) is 4.81. The lowest BCUT2D eigenvalue weighted by Gasteiger charge is -2.27. The summed E-state index contributed by atoms with van der Waals surface area (Å²) in [5.74, 6) is 0.404. The Hall–Kier alpha value is -2.45. The van der Waals surface area contributed by atoms with Crippen LogP contribution in [0.3, 0.4) is 0 Å². The van der Waals surface area contributed by atoms with E-state index in [1.807, 2.05) is 19.9 Å². The van der Waals surface area contributed by atoms with Crippen LogP contribution in [-0.2, 0) is 4.74 Å². The Balaban J connectivity index is 1.77. The number of nitrogens with one attached hydrogen (secondary N) is 3. The minimum absolute atomic E-state index is 0.101. The molecule has 3 heterocycles. The molecule has 0 aliphatic carbocycles. The van der Waals surface area contributed by atoms with Gasteiger partial charge in [-0.3, -0.25) is 4.79 Å². The topological polar surface area (TPSA) is 105 Å². The number of amides is 1. The van der Waals surface area contributed by atoms with Crippen molar-refractivity contribution in [1.82, 2.24) is 15.3 Å². The summed E-state index contributed by atoms with van der Waals surface area (Å²) in [4.78, 5) is 19.6. The molecule has 8 heteroatoms. The maximum Gasteiger partial charge on any atom is 0.267 e. The van der Waals surface area contributed by atoms with E-state index in [4.69, 9.17) is 10.5 Å². The van der Waals surface area contributed by atoms with Gasteiger partial charge in [-0.2, -0.15) is 0 Å². The first-order valence-corrected chi connectivity index (χ1v) is 9.12. The Kier molecular flexibility index (Phi) is 6.08. The molecule has 0 saturated carbocycles. The second-order valence-corrected chi connectivity index (χ2v) is 6.93. The highest BCUT2D eigenvalue weighted by molar-refractivity contribution is 5.94. The molecule has 0 unspecified atom stereocenters. The second-order valence-electron chi connectivity index (χ2n) is 6.93. The highest BCUT2D eigenvalue weighted by Crippen LogP contribution is 2.27. The number of alkyl halides is 1. The summed E-state index contributed by atoms with van der Waals surface area (Å²) in [6, 6.07) is 3.25. The molecule has 1 saturated heterocycles. The number of halogens is 1. The Morgan fingerprint density at radius 3 is 3.07 bits per heavy atom. The van der Waals surface area contributed by atoms with Crippen LogP contribution < -0.4 is 16.4 Å². The number of anilines is 1. The summed E-state index contributed by atoms with van der Waals surface area (Å²) in [7, 11) is 0. The van der Waals surface area contributed by atoms with E-state index in [9.17, 15) is 9.18 Å². The van der Waals surface area contributed by atoms with Crippen molar-refractivity contribution in [3.05, 3.63) is 35.8 Å². The minimum atomic E-state index is -1.06. The van der Waals surface area contributed by atoms with E-state index >= 15 is 0 Å². The normalized spacial score (nSPS) is 20.9. The number of hydrogen-bond acceptors (Lipinski definition) is 5. The number of carbonyl (C=O) groups excluding carboxylic acids is 1. The minimum Gasteiger partial charge on any atom is -0.378 e. The van der Waals surface area contributed by atoms with Crippen molar-refractivity contribution < 1.29 is 13.9 Å². The number of aromatic nitrogens is 2. The molecule has 7 nitrogen and oxygen atoms in total. The molecule has 2 aromatic heterocycles. The molecular formula is C19H26FN5O2. The average Bonchev–Trinajstić information content (AvgIpc) is 3.15. The van der Waals surface area contributed by atoms with Crippen LogP contribution in [0.15, 0.2) is 24.5 Å². The summed E-state index contributed by atoms with van der Waals surface area (Å²) in [5, 5.41) is 5.98. The zero-order valence-corrected chi connectivity index (χ0v) is 15.6. The highest BCUT2D eigenvalue weighted by Gasteiger charge is 2.25. The van der Waals surface area contributed by atoms with Crippen LogP contribution in [0.4, 0.5) is 10.2 Å². The van der Waals surface area contributed by atoms with E-state index in [0.717, 1.165) is 16.7 Å². The maximum atomic E-state index is 14.0. The third-order valence-electron chi connectivity index (χ3n) is 4.69. The van der Waals surface area contributed by atoms with Gasteiger partial charge in [-0.15, -0.1) is 0 Å². The smallest absolute Gasteiger partial charge is 0.267 e. The molecule has 0 spiro atoms. The molecule has 1 amide bonds. The van der Waals surface area contributed by atoms with Gasteiger partial charge in [-0.25, -0.2) is 9.37 Å². The van der Waals surface area contributed by atoms with Crippen LogP contribution >= 0.6 is 0 Å². The van der Waals surface area contributed by atoms with Gasteiger partial charge in [-0.05, 0) is 43.5 Å². The lowest BCUT2D eigenvalue weighted by molar-refractivity contribution is 0.0285. The molecule has 1 aliphatic heterocycles. The van der Waals surface area contributed by atoms with Gasteiger partial charge in [0.05, 0.1) is 12.6 Å². The van der Waals surface area contributed by atoms with E-state index in [1.54, 1.807) is 18.5 Å². The number of rotatable bonds is 6. The predicted octanol–water partition coefficient (Wildman–Crippen LogP) is 2.00. The van der Waals surface area contributed by atoms with Crippen LogP contribution in [0, 0.1) is 6.92 Å². The van der Waals surface area contributed by atoms with Gasteiger partial charge < -0.3 is 26.1 Å². The first kappa shape index (κ1) is 19.3. The molecule has 3 atom stereocenters. The molecule has 2 aromatic rings. The SMILES string of the molecule is Cc1cnc(N[C@H]2CCOC[C@H]2F)cc1-c1c[nH]c(C(=O)N[C@@H](C)CN)c1. The van der Waals surface area contributed by atoms with Crippen molar-refractivity contribution in [2.45, 2.75) is 38.5 Å². The van der Waals surface area contributed by atoms with E-state index in [2.05, 4.69) is 20.6 Å². The fraction of sp³-hybridized carbons (Fsp3) is 0.474. The van der Waals surface area contributed by atoms with Crippen LogP contribution in [0.1, 0.15) is 29.4 Å². The lowest BCUT2D eigenvalue weighted by Crippen LogP contribution is -2.39. The summed E-state index contributed by atoms with van der Waals surface area (Å²) < 4.78 is 19.1. The van der Waals surface area contributed by atoms with Gasteiger partial charge in [0.2, 0.25) is 0 Å². The van der Waals surface area contributed by atoms with E-state index in [-0.39, 0.29) is 24.6 Å². The van der Waals surface area contributed by atoms with Gasteiger partial charge in [0, 0.05) is 37.2 Å². The van der Waals surface area contributed by atoms with Crippen molar-refractivity contribution in [3.8, 4) is 11.1 Å². The monoisotopic (exact) mass is 375 g/mol. The zero-order valence-electron chi connectivity index (χ0n) is 15.6. The van der Waals surface area contributed by atoms with Gasteiger partial charge in [0.1, 0.15) is 17.7 Å². The van der Waals surface area contributed by atoms with E-state index < -0.39 is 6.17 Å². The lowest BCUT2D eigenvalue weighted by atomic mass is 10.0. The first-order chi connectivity index (χ1) is 13.0. The van der Waals surface area contributed by atoms with Crippen LogP contribution in [-0.4, -0.2) is 53.9 Å². The molecule has 146 valence electrons. The standard InChI is InChI=1S/C19H26FN5O2/c1-11-8-23-18(25-16-3-4-27-10-15(16)20)6-14(11)13-5-17(22-9-13)19(26)24-12(2)7-21/h5-6,8-9,12,15-16,22H,3-4,7,10,21H2,1-2H3,(H,23,25)(H,24,26)/t12-,15+,16-/m0/s1. The van der Waals surface area contributed by atoms with Gasteiger partial charge in [0.15, 0.2) is 0 Å². The number of pyridine rings is 1. The molecule has 27 heavy (non-hydrogen) atoms. The fourth-order valence-electron chi connectivity index (χ4n) is 3.01. The van der Waals surface area contributed by atoms with Crippen LogP contribution in [0.25, 0.3) is 11.1 Å². The highest BCUT2D eigenvalue weighted by atomic mass is 19.1. The van der Waals surface area contributed by atoms with Gasteiger partial charge >= 0.3 is 0 Å². The Morgan fingerprint density at radius 1 is 1.52 bits per heavy atom. The largest absolute Gasteiger partial charge is 0.378 e. The summed E-state index contributed by atoms with van der Waals surface area (Å²) in [6.07, 6.45) is 3.06. The number of hydrogen-bond donors (Lipinski definition) is 4. The molecule has 0 bridgehead atoms. The molecule has 1 aliphatic rings. The molecule has 3 rings (SSSR count). The molecule has 0 radical (unpaired) electrons. The Bertz CT molecular complexity index is 794. The summed E-state index contributed by atoms with van der Waals surface area (Å²) in [5.41, 5.74) is 8.77. The van der Waals surface area contributed by atoms with Gasteiger partial charge in [-0.1, -0.05) is 0 Å². The van der Waals surface area contributed by atoms with E-state index in [0.29, 0.717) is 31.1 Å². The van der Waals surface area contributed by atoms with Crippen molar-refractivity contribution in [1.29, 1.82) is 0 Å². The third-order valence-corrected chi connectivity index (χ3v) is 4.69. The third kappa shape index (κ3) is 4.64. The van der Waals surface area contributed by atoms with Crippen LogP contribution in [0.2, 0.25) is 0 Å². The maximum absolute atomic E-state index is 14.0. The van der Waals surface area contributed by atoms with Crippen molar-refractivity contribution in [2.24, 2.45) is 5.73 Å². The number of nitrogens with zero attached hydrogens (tertiary/aromatic N) is 1. The molecule has 0 aromatic carbocycles. The van der Waals surface area contributed by atoms with Crippen molar-refractivity contribution in [2.75, 3.05) is 25.1 Å². The van der Waals surface area contributed by atoms with Crippen molar-refractivity contribution in [3.63, 3.8) is 0 Å². The Labute approximate surface area is 157 Å². The number of ether oxygens (including phenoxy) is 1. The van der Waals surface area contributed by atoms with Crippen LogP contribution in [0.5, 0.6) is 0 Å². The number of aromatic amines is 1. The van der Waals surface area contributed by atoms with Gasteiger partial charge in [0.25, 0.3) is 5.91 Å². The molecular weight excluding hydrogens is 349 g/mol. The van der Waals surface area contributed by atoms with Crippen molar-refractivity contribution >= 4 is 11.7 Å². The predicted molar refractivity (Wildman–Crippen MR) is 102 cm³/mol. The zero-order chi connectivity index (χ0) is 19.4. The molecule has 5 N–H and O–H groups in total. The number of H-pyrrole nitrogens is 1. The number of carbonyl (C=O) groups is 1. The quantitative estimate of drug-likeness (QED) is 0.618. The average molecular weight is 375 g/mol. The fourth-order valence-corrected chi connectivity index (χ4v) is 3.01. The second kappa shape index (κ2) is 8.49.